The molecule has 1 heterocycles. The van der Waals surface area contributed by atoms with Crippen LogP contribution in [0.4, 0.5) is 9.18 Å². The van der Waals surface area contributed by atoms with Crippen LogP contribution in [0.15, 0.2) is 54.6 Å². The van der Waals surface area contributed by atoms with Crippen molar-refractivity contribution in [2.45, 2.75) is 18.9 Å². The molecule has 0 radical (unpaired) electrons. The quantitative estimate of drug-likeness (QED) is 0.920. The van der Waals surface area contributed by atoms with Crippen LogP contribution >= 0.6 is 0 Å². The highest BCUT2D eigenvalue weighted by molar-refractivity contribution is 5.75. The van der Waals surface area contributed by atoms with Crippen molar-refractivity contribution in [2.24, 2.45) is 0 Å². The molecule has 4 heteroatoms. The van der Waals surface area contributed by atoms with Crippen molar-refractivity contribution in [1.29, 1.82) is 0 Å². The van der Waals surface area contributed by atoms with Gasteiger partial charge >= 0.3 is 6.03 Å². The van der Waals surface area contributed by atoms with E-state index in [2.05, 4.69) is 17.4 Å². The van der Waals surface area contributed by atoms with E-state index < -0.39 is 0 Å². The van der Waals surface area contributed by atoms with Gasteiger partial charge in [-0.1, -0.05) is 42.5 Å². The molecule has 1 aliphatic rings. The van der Waals surface area contributed by atoms with Crippen LogP contribution in [0.25, 0.3) is 0 Å². The Balaban J connectivity index is 1.49. The van der Waals surface area contributed by atoms with E-state index >= 15 is 0 Å². The zero-order valence-corrected chi connectivity index (χ0v) is 12.3. The van der Waals surface area contributed by atoms with Crippen molar-refractivity contribution in [3.05, 3.63) is 71.5 Å². The average molecular weight is 298 g/mol. The Hall–Kier alpha value is -2.36. The molecule has 1 fully saturated rings. The molecule has 0 spiro atoms. The van der Waals surface area contributed by atoms with E-state index in [0.29, 0.717) is 13.0 Å². The van der Waals surface area contributed by atoms with Crippen LogP contribution < -0.4 is 5.32 Å². The molecule has 114 valence electrons. The Morgan fingerprint density at radius 3 is 2.50 bits per heavy atom. The van der Waals surface area contributed by atoms with E-state index in [-0.39, 0.29) is 17.9 Å². The van der Waals surface area contributed by atoms with Crippen molar-refractivity contribution >= 4 is 6.03 Å². The molecule has 1 saturated heterocycles. The number of nitrogens with one attached hydrogen (secondary N) is 1. The first-order chi connectivity index (χ1) is 10.7. The molecule has 0 saturated carbocycles. The fourth-order valence-corrected chi connectivity index (χ4v) is 2.72. The highest BCUT2D eigenvalue weighted by atomic mass is 19.1. The van der Waals surface area contributed by atoms with Gasteiger partial charge in [0.2, 0.25) is 0 Å². The smallest absolute Gasteiger partial charge is 0.317 e. The molecule has 1 unspecified atom stereocenters. The average Bonchev–Trinajstić information content (AvgIpc) is 2.49. The number of amides is 2. The number of hydrogen-bond donors (Lipinski definition) is 1. The molecule has 22 heavy (non-hydrogen) atoms. The second-order valence-electron chi connectivity index (χ2n) is 5.52. The maximum atomic E-state index is 12.8. The van der Waals surface area contributed by atoms with Gasteiger partial charge in [-0.15, -0.1) is 0 Å². The van der Waals surface area contributed by atoms with E-state index in [1.54, 1.807) is 12.1 Å². The Kier molecular flexibility index (Phi) is 4.37. The number of likely N-dealkylation sites (tertiary alicyclic amines) is 1. The van der Waals surface area contributed by atoms with Gasteiger partial charge in [-0.25, -0.2) is 9.18 Å². The predicted molar refractivity (Wildman–Crippen MR) is 84.0 cm³/mol. The summed E-state index contributed by atoms with van der Waals surface area (Å²) in [6, 6.07) is 16.6. The largest absolute Gasteiger partial charge is 0.338 e. The number of benzene rings is 2. The standard InChI is InChI=1S/C18H19FN2O/c19-16-8-6-14(7-9-16)10-12-20-18(22)21-13-11-17(21)15-4-2-1-3-5-15/h1-9,17H,10-13H2,(H,20,22). The van der Waals surface area contributed by atoms with E-state index in [4.69, 9.17) is 0 Å². The summed E-state index contributed by atoms with van der Waals surface area (Å²) in [5.41, 5.74) is 2.20. The van der Waals surface area contributed by atoms with Crippen LogP contribution in [0.2, 0.25) is 0 Å². The lowest BCUT2D eigenvalue weighted by molar-refractivity contribution is 0.115. The molecular formula is C18H19FN2O. The molecule has 3 nitrogen and oxygen atoms in total. The van der Waals surface area contributed by atoms with Gasteiger partial charge in [0.15, 0.2) is 0 Å². The molecule has 2 amide bonds. The van der Waals surface area contributed by atoms with Gasteiger partial charge in [-0.3, -0.25) is 0 Å². The molecule has 0 aromatic heterocycles. The summed E-state index contributed by atoms with van der Waals surface area (Å²) in [6.45, 7) is 1.35. The highest BCUT2D eigenvalue weighted by Crippen LogP contribution is 2.32. The van der Waals surface area contributed by atoms with E-state index in [9.17, 15) is 9.18 Å². The van der Waals surface area contributed by atoms with E-state index in [0.717, 1.165) is 18.5 Å². The fourth-order valence-electron chi connectivity index (χ4n) is 2.72. The van der Waals surface area contributed by atoms with Gasteiger partial charge in [-0.2, -0.15) is 0 Å². The number of nitrogens with zero attached hydrogens (tertiary/aromatic N) is 1. The lowest BCUT2D eigenvalue weighted by atomic mass is 9.95. The summed E-state index contributed by atoms with van der Waals surface area (Å²) in [4.78, 5) is 14.1. The lowest BCUT2D eigenvalue weighted by Gasteiger charge is -2.41. The van der Waals surface area contributed by atoms with Crippen LogP contribution in [0.5, 0.6) is 0 Å². The zero-order chi connectivity index (χ0) is 15.4. The number of halogens is 1. The lowest BCUT2D eigenvalue weighted by Crippen LogP contribution is -2.50. The molecule has 2 aromatic rings. The fraction of sp³-hybridized carbons (Fsp3) is 0.278. The number of carbonyl (C=O) groups is 1. The second-order valence-corrected chi connectivity index (χ2v) is 5.52. The monoisotopic (exact) mass is 298 g/mol. The third-order valence-corrected chi connectivity index (χ3v) is 4.07. The summed E-state index contributed by atoms with van der Waals surface area (Å²) in [7, 11) is 0. The maximum Gasteiger partial charge on any atom is 0.317 e. The van der Waals surface area contributed by atoms with Gasteiger partial charge in [0.05, 0.1) is 6.04 Å². The first-order valence-electron chi connectivity index (χ1n) is 7.58. The molecule has 0 bridgehead atoms. The van der Waals surface area contributed by atoms with E-state index in [1.165, 1.54) is 17.7 Å². The Labute approximate surface area is 129 Å². The van der Waals surface area contributed by atoms with Crippen molar-refractivity contribution in [3.63, 3.8) is 0 Å². The van der Waals surface area contributed by atoms with Gasteiger partial charge in [-0.05, 0) is 36.1 Å². The third-order valence-electron chi connectivity index (χ3n) is 4.07. The number of rotatable bonds is 4. The zero-order valence-electron chi connectivity index (χ0n) is 12.3. The van der Waals surface area contributed by atoms with Gasteiger partial charge in [0.1, 0.15) is 5.82 Å². The number of urea groups is 1. The first kappa shape index (κ1) is 14.6. The molecule has 0 aliphatic carbocycles. The summed E-state index contributed by atoms with van der Waals surface area (Å²) in [5.74, 6) is -0.237. The van der Waals surface area contributed by atoms with Crippen LogP contribution in [0.1, 0.15) is 23.6 Å². The van der Waals surface area contributed by atoms with E-state index in [1.807, 2.05) is 23.1 Å². The van der Waals surface area contributed by atoms with Crippen LogP contribution in [0, 0.1) is 5.82 Å². The van der Waals surface area contributed by atoms with Crippen molar-refractivity contribution in [1.82, 2.24) is 10.2 Å². The summed E-state index contributed by atoms with van der Waals surface area (Å²) < 4.78 is 12.8. The van der Waals surface area contributed by atoms with Crippen LogP contribution in [0.3, 0.4) is 0 Å². The predicted octanol–water partition coefficient (Wildman–Crippen LogP) is 3.52. The van der Waals surface area contributed by atoms with Gasteiger partial charge < -0.3 is 10.2 Å². The maximum absolute atomic E-state index is 12.8. The Morgan fingerprint density at radius 2 is 1.86 bits per heavy atom. The van der Waals surface area contributed by atoms with Gasteiger partial charge in [0.25, 0.3) is 0 Å². The minimum Gasteiger partial charge on any atom is -0.338 e. The van der Waals surface area contributed by atoms with Crippen LogP contribution in [-0.4, -0.2) is 24.0 Å². The second kappa shape index (κ2) is 6.60. The molecular weight excluding hydrogens is 279 g/mol. The van der Waals surface area contributed by atoms with Crippen LogP contribution in [-0.2, 0) is 6.42 Å². The molecule has 3 rings (SSSR count). The minimum absolute atomic E-state index is 0.0257. The van der Waals surface area contributed by atoms with Crippen molar-refractivity contribution in [2.75, 3.05) is 13.1 Å². The molecule has 1 N–H and O–H groups in total. The Morgan fingerprint density at radius 1 is 1.14 bits per heavy atom. The normalized spacial score (nSPS) is 17.0. The Bertz CT molecular complexity index is 627. The molecule has 1 aliphatic heterocycles. The topological polar surface area (TPSA) is 32.3 Å². The first-order valence-corrected chi connectivity index (χ1v) is 7.58. The summed E-state index contributed by atoms with van der Waals surface area (Å²) >= 11 is 0. The van der Waals surface area contributed by atoms with Crippen molar-refractivity contribution < 1.29 is 9.18 Å². The van der Waals surface area contributed by atoms with Crippen molar-refractivity contribution in [3.8, 4) is 0 Å². The highest BCUT2D eigenvalue weighted by Gasteiger charge is 2.32. The molecule has 2 aromatic carbocycles. The summed E-state index contributed by atoms with van der Waals surface area (Å²) in [6.07, 6.45) is 1.71. The molecule has 1 atom stereocenters. The number of carbonyl (C=O) groups excluding carboxylic acids is 1. The number of hydrogen-bond acceptors (Lipinski definition) is 1. The third kappa shape index (κ3) is 3.27. The summed E-state index contributed by atoms with van der Waals surface area (Å²) in [5, 5.41) is 2.94. The minimum atomic E-state index is -0.237. The van der Waals surface area contributed by atoms with Gasteiger partial charge in [0, 0.05) is 13.1 Å². The SMILES string of the molecule is O=C(NCCc1ccc(F)cc1)N1CCC1c1ccccc1.